The number of carbonyl (C=O) groups is 3. The maximum Gasteiger partial charge on any atom is 0.408 e. The number of benzene rings is 2. The zero-order valence-electron chi connectivity index (χ0n) is 21.6. The molecule has 2 unspecified atom stereocenters. The molecule has 0 saturated carbocycles. The number of carbonyl (C=O) groups excluding carboxylic acids is 3. The summed E-state index contributed by atoms with van der Waals surface area (Å²) in [6, 6.07) is 14.0. The molecule has 0 aliphatic rings. The van der Waals surface area contributed by atoms with Gasteiger partial charge in [0.1, 0.15) is 17.7 Å². The first-order chi connectivity index (χ1) is 16.9. The lowest BCUT2D eigenvalue weighted by Crippen LogP contribution is -2.53. The molecule has 0 aromatic heterocycles. The number of terminal acetylenes is 2. The average molecular weight is 488 g/mol. The van der Waals surface area contributed by atoms with Gasteiger partial charge in [-0.3, -0.25) is 14.5 Å². The van der Waals surface area contributed by atoms with Crippen molar-refractivity contribution in [1.29, 1.82) is 0 Å². The van der Waals surface area contributed by atoms with Gasteiger partial charge in [-0.1, -0.05) is 56.5 Å². The van der Waals surface area contributed by atoms with Crippen LogP contribution in [0.1, 0.15) is 57.4 Å². The molecule has 0 fully saturated rings. The van der Waals surface area contributed by atoms with Gasteiger partial charge in [-0.2, -0.15) is 0 Å². The maximum absolute atomic E-state index is 13.7. The van der Waals surface area contributed by atoms with Gasteiger partial charge in [0.15, 0.2) is 0 Å². The maximum atomic E-state index is 13.7. The predicted molar refractivity (Wildman–Crippen MR) is 141 cm³/mol. The Hall–Kier alpha value is -4.23. The Morgan fingerprint density at radius 2 is 1.61 bits per heavy atom. The summed E-state index contributed by atoms with van der Waals surface area (Å²) in [5.74, 6) is 1.05. The van der Waals surface area contributed by atoms with E-state index in [0.29, 0.717) is 16.8 Å². The minimum atomic E-state index is -1.18. The van der Waals surface area contributed by atoms with Crippen LogP contribution in [0.4, 0.5) is 10.5 Å². The van der Waals surface area contributed by atoms with Gasteiger partial charge in [0.25, 0.3) is 11.8 Å². The number of nitrogens with one attached hydrogen (secondary N) is 2. The first-order valence-electron chi connectivity index (χ1n) is 11.6. The van der Waals surface area contributed by atoms with E-state index in [9.17, 15) is 14.4 Å². The number of para-hydroxylation sites is 1. The molecule has 2 atom stereocenters. The molecule has 2 aromatic rings. The molecule has 36 heavy (non-hydrogen) atoms. The van der Waals surface area contributed by atoms with Crippen molar-refractivity contribution in [3.8, 4) is 24.8 Å². The number of nitrogens with zero attached hydrogens (tertiary/aromatic N) is 1. The standard InChI is InChI=1S/C29H33N3O4/c1-9-21-15-17-22(18-16-21)25(26(33)30-23-14-12-11-13-20(23)5)32(10-2)27(34)24(19(3)4)31-28(35)36-29(6,7)8/h1-2,11-19,24-25H,3-8H3,(H,30,33)(H,31,35). The van der Waals surface area contributed by atoms with Crippen molar-refractivity contribution in [3.63, 3.8) is 0 Å². The van der Waals surface area contributed by atoms with Gasteiger partial charge >= 0.3 is 6.09 Å². The third-order valence-electron chi connectivity index (χ3n) is 5.28. The molecule has 3 amide bonds. The van der Waals surface area contributed by atoms with Gasteiger partial charge in [0.05, 0.1) is 0 Å². The Morgan fingerprint density at radius 1 is 1.00 bits per heavy atom. The third-order valence-corrected chi connectivity index (χ3v) is 5.28. The van der Waals surface area contributed by atoms with Gasteiger partial charge in [-0.05, 0) is 62.9 Å². The van der Waals surface area contributed by atoms with E-state index in [1.54, 1.807) is 71.0 Å². The van der Waals surface area contributed by atoms with Crippen LogP contribution in [-0.4, -0.2) is 34.5 Å². The summed E-state index contributed by atoms with van der Waals surface area (Å²) in [4.78, 5) is 40.7. The van der Waals surface area contributed by atoms with E-state index in [-0.39, 0.29) is 5.92 Å². The molecule has 0 heterocycles. The van der Waals surface area contributed by atoms with Crippen molar-refractivity contribution in [2.24, 2.45) is 5.92 Å². The molecular formula is C29H33N3O4. The number of anilines is 1. The van der Waals surface area contributed by atoms with E-state index in [1.807, 2.05) is 19.1 Å². The summed E-state index contributed by atoms with van der Waals surface area (Å²) in [6.45, 7) is 10.5. The number of ether oxygens (including phenoxy) is 1. The Bertz CT molecular complexity index is 1180. The fourth-order valence-corrected chi connectivity index (χ4v) is 3.46. The Kier molecular flexibility index (Phi) is 9.30. The summed E-state index contributed by atoms with van der Waals surface area (Å²) in [6.07, 6.45) is 10.5. The van der Waals surface area contributed by atoms with Crippen molar-refractivity contribution < 1.29 is 19.1 Å². The zero-order valence-corrected chi connectivity index (χ0v) is 21.6. The number of hydrogen-bond donors (Lipinski definition) is 2. The molecule has 188 valence electrons. The van der Waals surface area contributed by atoms with Crippen LogP contribution < -0.4 is 10.6 Å². The first-order valence-corrected chi connectivity index (χ1v) is 11.6. The fourth-order valence-electron chi connectivity index (χ4n) is 3.46. The predicted octanol–water partition coefficient (Wildman–Crippen LogP) is 4.62. The number of alkyl carbamates (subject to hydrolysis) is 1. The van der Waals surface area contributed by atoms with Gasteiger partial charge in [-0.25, -0.2) is 4.79 Å². The second-order valence-electron chi connectivity index (χ2n) is 9.68. The van der Waals surface area contributed by atoms with Crippen LogP contribution in [0.15, 0.2) is 48.5 Å². The molecule has 2 aromatic carbocycles. The monoisotopic (exact) mass is 487 g/mol. The SMILES string of the molecule is C#Cc1ccc(C(C(=O)Nc2ccccc2C)N(C#C)C(=O)C(NC(=O)OC(C)(C)C)C(C)C)cc1. The van der Waals surface area contributed by atoms with Crippen molar-refractivity contribution in [3.05, 3.63) is 65.2 Å². The summed E-state index contributed by atoms with van der Waals surface area (Å²) in [7, 11) is 0. The molecular weight excluding hydrogens is 454 g/mol. The van der Waals surface area contributed by atoms with E-state index in [4.69, 9.17) is 17.6 Å². The fraction of sp³-hybridized carbons (Fsp3) is 0.345. The molecule has 0 spiro atoms. The van der Waals surface area contributed by atoms with Gasteiger partial charge in [0.2, 0.25) is 0 Å². The third kappa shape index (κ3) is 7.38. The number of aryl methyl sites for hydroxylation is 1. The highest BCUT2D eigenvalue weighted by Gasteiger charge is 2.37. The molecule has 0 aliphatic heterocycles. The zero-order chi connectivity index (χ0) is 27.0. The largest absolute Gasteiger partial charge is 0.444 e. The smallest absolute Gasteiger partial charge is 0.408 e. The van der Waals surface area contributed by atoms with Crippen molar-refractivity contribution in [1.82, 2.24) is 10.2 Å². The summed E-state index contributed by atoms with van der Waals surface area (Å²) < 4.78 is 5.32. The molecule has 0 radical (unpaired) electrons. The highest BCUT2D eigenvalue weighted by molar-refractivity contribution is 6.00. The van der Waals surface area contributed by atoms with E-state index in [1.165, 1.54) is 0 Å². The minimum Gasteiger partial charge on any atom is -0.444 e. The highest BCUT2D eigenvalue weighted by atomic mass is 16.6. The van der Waals surface area contributed by atoms with Crippen molar-refractivity contribution >= 4 is 23.6 Å². The van der Waals surface area contributed by atoms with E-state index >= 15 is 0 Å². The van der Waals surface area contributed by atoms with E-state index < -0.39 is 35.6 Å². The quantitative estimate of drug-likeness (QED) is 0.441. The van der Waals surface area contributed by atoms with Crippen molar-refractivity contribution in [2.45, 2.75) is 59.2 Å². The molecule has 0 saturated heterocycles. The first kappa shape index (κ1) is 28.0. The minimum absolute atomic E-state index is 0.343. The van der Waals surface area contributed by atoms with E-state index in [0.717, 1.165) is 10.5 Å². The normalized spacial score (nSPS) is 12.5. The Labute approximate surface area is 213 Å². The highest BCUT2D eigenvalue weighted by Crippen LogP contribution is 2.26. The van der Waals surface area contributed by atoms with Gasteiger partial charge in [0, 0.05) is 17.3 Å². The lowest BCUT2D eigenvalue weighted by Gasteiger charge is -2.32. The molecule has 7 heteroatoms. The van der Waals surface area contributed by atoms with Crippen LogP contribution >= 0.6 is 0 Å². The number of rotatable bonds is 7. The van der Waals surface area contributed by atoms with Crippen LogP contribution in [0.3, 0.4) is 0 Å². The second-order valence-corrected chi connectivity index (χ2v) is 9.68. The summed E-state index contributed by atoms with van der Waals surface area (Å²) >= 11 is 0. The lowest BCUT2D eigenvalue weighted by molar-refractivity contribution is -0.137. The summed E-state index contributed by atoms with van der Waals surface area (Å²) in [5.41, 5.74) is 1.75. The van der Waals surface area contributed by atoms with Crippen LogP contribution in [0.5, 0.6) is 0 Å². The Balaban J connectivity index is 2.48. The summed E-state index contributed by atoms with van der Waals surface area (Å²) in [5, 5.41) is 5.47. The lowest BCUT2D eigenvalue weighted by atomic mass is 9.98. The van der Waals surface area contributed by atoms with Crippen LogP contribution in [0.2, 0.25) is 0 Å². The van der Waals surface area contributed by atoms with E-state index in [2.05, 4.69) is 22.6 Å². The molecule has 0 aliphatic carbocycles. The molecule has 0 bridgehead atoms. The number of amides is 3. The topological polar surface area (TPSA) is 87.7 Å². The number of hydrogen-bond acceptors (Lipinski definition) is 4. The van der Waals surface area contributed by atoms with Gasteiger partial charge < -0.3 is 15.4 Å². The molecule has 7 nitrogen and oxygen atoms in total. The average Bonchev–Trinajstić information content (AvgIpc) is 2.80. The van der Waals surface area contributed by atoms with Crippen LogP contribution in [-0.2, 0) is 14.3 Å². The Morgan fingerprint density at radius 3 is 2.11 bits per heavy atom. The second kappa shape index (κ2) is 12.0. The molecule has 2 N–H and O–H groups in total. The molecule has 2 rings (SSSR count). The van der Waals surface area contributed by atoms with Crippen LogP contribution in [0.25, 0.3) is 0 Å². The van der Waals surface area contributed by atoms with Gasteiger partial charge in [-0.15, -0.1) is 6.42 Å². The van der Waals surface area contributed by atoms with Crippen LogP contribution in [0, 0.1) is 37.7 Å². The van der Waals surface area contributed by atoms with Crippen molar-refractivity contribution in [2.75, 3.05) is 5.32 Å².